The summed E-state index contributed by atoms with van der Waals surface area (Å²) in [5, 5.41) is 10.6. The molecule has 0 aliphatic carbocycles. The molecular formula is C20H24N2O3. The molecule has 0 N–H and O–H groups in total. The summed E-state index contributed by atoms with van der Waals surface area (Å²) < 4.78 is 5.73. The molecule has 0 amide bonds. The van der Waals surface area contributed by atoms with E-state index in [1.807, 2.05) is 24.3 Å². The van der Waals surface area contributed by atoms with Crippen LogP contribution in [0.4, 0.5) is 11.4 Å². The van der Waals surface area contributed by atoms with Crippen molar-refractivity contribution in [1.82, 2.24) is 0 Å². The Bertz CT molecular complexity index is 679. The van der Waals surface area contributed by atoms with E-state index in [-0.39, 0.29) is 5.69 Å². The van der Waals surface area contributed by atoms with Crippen LogP contribution >= 0.6 is 0 Å². The highest BCUT2D eigenvalue weighted by Gasteiger charge is 2.02. The Labute approximate surface area is 148 Å². The average Bonchev–Trinajstić information content (AvgIpc) is 2.64. The number of unbranched alkanes of at least 4 members (excludes halogenated alkanes) is 4. The van der Waals surface area contributed by atoms with Crippen molar-refractivity contribution in [3.8, 4) is 5.75 Å². The van der Waals surface area contributed by atoms with Crippen molar-refractivity contribution in [2.75, 3.05) is 6.61 Å². The van der Waals surface area contributed by atoms with Crippen molar-refractivity contribution in [3.63, 3.8) is 0 Å². The normalized spacial score (nSPS) is 10.9. The summed E-state index contributed by atoms with van der Waals surface area (Å²) in [5.41, 5.74) is 1.70. The van der Waals surface area contributed by atoms with Crippen LogP contribution in [0.5, 0.6) is 5.75 Å². The molecule has 5 nitrogen and oxygen atoms in total. The summed E-state index contributed by atoms with van der Waals surface area (Å²) in [6.07, 6.45) is 7.86. The topological polar surface area (TPSA) is 64.7 Å². The van der Waals surface area contributed by atoms with Crippen molar-refractivity contribution in [2.45, 2.75) is 39.0 Å². The van der Waals surface area contributed by atoms with Crippen molar-refractivity contribution >= 4 is 17.6 Å². The molecule has 132 valence electrons. The third-order valence-electron chi connectivity index (χ3n) is 3.82. The van der Waals surface area contributed by atoms with Gasteiger partial charge in [0.2, 0.25) is 0 Å². The summed E-state index contributed by atoms with van der Waals surface area (Å²) >= 11 is 0. The molecule has 0 aromatic heterocycles. The van der Waals surface area contributed by atoms with Gasteiger partial charge < -0.3 is 4.74 Å². The van der Waals surface area contributed by atoms with Crippen molar-refractivity contribution in [2.24, 2.45) is 4.99 Å². The van der Waals surface area contributed by atoms with Crippen LogP contribution in [0.3, 0.4) is 0 Å². The largest absolute Gasteiger partial charge is 0.494 e. The fourth-order valence-electron chi connectivity index (χ4n) is 2.36. The van der Waals surface area contributed by atoms with E-state index in [0.717, 1.165) is 24.3 Å². The predicted molar refractivity (Wildman–Crippen MR) is 101 cm³/mol. The van der Waals surface area contributed by atoms with Crippen molar-refractivity contribution in [3.05, 3.63) is 64.2 Å². The van der Waals surface area contributed by atoms with Gasteiger partial charge in [-0.2, -0.15) is 0 Å². The molecule has 2 aromatic rings. The Morgan fingerprint density at radius 2 is 1.68 bits per heavy atom. The minimum absolute atomic E-state index is 0.0649. The van der Waals surface area contributed by atoms with Crippen LogP contribution in [-0.4, -0.2) is 17.7 Å². The molecular weight excluding hydrogens is 316 g/mol. The van der Waals surface area contributed by atoms with Gasteiger partial charge in [0.1, 0.15) is 5.75 Å². The zero-order valence-corrected chi connectivity index (χ0v) is 14.6. The first-order chi connectivity index (χ1) is 12.2. The van der Waals surface area contributed by atoms with Crippen LogP contribution in [0.25, 0.3) is 0 Å². The Hall–Kier alpha value is -2.69. The van der Waals surface area contributed by atoms with Gasteiger partial charge in [0.05, 0.1) is 17.2 Å². The zero-order valence-electron chi connectivity index (χ0n) is 14.6. The number of nitrogens with zero attached hydrogens (tertiary/aromatic N) is 2. The zero-order chi connectivity index (χ0) is 17.9. The van der Waals surface area contributed by atoms with Gasteiger partial charge in [-0.3, -0.25) is 15.1 Å². The first-order valence-corrected chi connectivity index (χ1v) is 8.70. The lowest BCUT2D eigenvalue weighted by atomic mass is 10.2. The van der Waals surface area contributed by atoms with Crippen LogP contribution in [0.2, 0.25) is 0 Å². The fourth-order valence-corrected chi connectivity index (χ4v) is 2.36. The summed E-state index contributed by atoms with van der Waals surface area (Å²) in [4.78, 5) is 14.5. The fraction of sp³-hybridized carbons (Fsp3) is 0.350. The summed E-state index contributed by atoms with van der Waals surface area (Å²) in [6, 6.07) is 13.9. The van der Waals surface area contributed by atoms with E-state index in [1.165, 1.54) is 37.8 Å². The van der Waals surface area contributed by atoms with E-state index in [1.54, 1.807) is 18.3 Å². The molecule has 25 heavy (non-hydrogen) atoms. The van der Waals surface area contributed by atoms with Crippen LogP contribution in [-0.2, 0) is 0 Å². The van der Waals surface area contributed by atoms with E-state index >= 15 is 0 Å². The smallest absolute Gasteiger partial charge is 0.269 e. The predicted octanol–water partition coefficient (Wildman–Crippen LogP) is 5.69. The van der Waals surface area contributed by atoms with Crippen LogP contribution in [0.15, 0.2) is 53.5 Å². The molecule has 2 aromatic carbocycles. The molecule has 5 heteroatoms. The van der Waals surface area contributed by atoms with Crippen LogP contribution in [0.1, 0.15) is 44.6 Å². The molecule has 0 saturated heterocycles. The first kappa shape index (κ1) is 18.6. The van der Waals surface area contributed by atoms with Crippen LogP contribution < -0.4 is 4.74 Å². The van der Waals surface area contributed by atoms with Crippen LogP contribution in [0, 0.1) is 10.1 Å². The third-order valence-corrected chi connectivity index (χ3v) is 3.82. The molecule has 0 unspecified atom stereocenters. The Morgan fingerprint density at radius 3 is 2.32 bits per heavy atom. The molecule has 0 atom stereocenters. The lowest BCUT2D eigenvalue weighted by Gasteiger charge is -2.06. The van der Waals surface area contributed by atoms with E-state index in [4.69, 9.17) is 4.74 Å². The maximum absolute atomic E-state index is 10.6. The molecule has 0 fully saturated rings. The molecule has 0 spiro atoms. The van der Waals surface area contributed by atoms with Crippen molar-refractivity contribution in [1.29, 1.82) is 0 Å². The van der Waals surface area contributed by atoms with Gasteiger partial charge in [0.25, 0.3) is 5.69 Å². The highest BCUT2D eigenvalue weighted by molar-refractivity contribution is 5.82. The standard InChI is InChI=1S/C20H24N2O3/c1-2-3-4-5-6-15-25-20-13-7-17(8-14-20)16-21-18-9-11-19(12-10-18)22(23)24/h7-14,16H,2-6,15H2,1H3. The van der Waals surface area contributed by atoms with Gasteiger partial charge in [0.15, 0.2) is 0 Å². The number of non-ortho nitro benzene ring substituents is 1. The monoisotopic (exact) mass is 340 g/mol. The lowest BCUT2D eigenvalue weighted by molar-refractivity contribution is -0.384. The molecule has 0 radical (unpaired) electrons. The van der Waals surface area contributed by atoms with E-state index in [0.29, 0.717) is 5.69 Å². The van der Waals surface area contributed by atoms with Gasteiger partial charge >= 0.3 is 0 Å². The molecule has 0 saturated carbocycles. The number of rotatable bonds is 10. The Morgan fingerprint density at radius 1 is 1.00 bits per heavy atom. The molecule has 0 heterocycles. The first-order valence-electron chi connectivity index (χ1n) is 8.70. The molecule has 0 bridgehead atoms. The number of hydrogen-bond donors (Lipinski definition) is 0. The summed E-state index contributed by atoms with van der Waals surface area (Å²) in [5.74, 6) is 0.864. The number of nitro groups is 1. The van der Waals surface area contributed by atoms with Gasteiger partial charge in [-0.1, -0.05) is 32.6 Å². The van der Waals surface area contributed by atoms with Gasteiger partial charge in [-0.15, -0.1) is 0 Å². The molecule has 0 aliphatic heterocycles. The number of nitro benzene ring substituents is 1. The number of ether oxygens (including phenoxy) is 1. The highest BCUT2D eigenvalue weighted by atomic mass is 16.6. The van der Waals surface area contributed by atoms with E-state index in [9.17, 15) is 10.1 Å². The minimum atomic E-state index is -0.421. The second-order valence-electron chi connectivity index (χ2n) is 5.86. The quantitative estimate of drug-likeness (QED) is 0.241. The number of hydrogen-bond acceptors (Lipinski definition) is 4. The summed E-state index contributed by atoms with van der Waals surface area (Å²) in [6.45, 7) is 2.96. The second-order valence-corrected chi connectivity index (χ2v) is 5.86. The highest BCUT2D eigenvalue weighted by Crippen LogP contribution is 2.18. The average molecular weight is 340 g/mol. The summed E-state index contributed by atoms with van der Waals surface area (Å²) in [7, 11) is 0. The third kappa shape index (κ3) is 6.75. The molecule has 0 aliphatic rings. The van der Waals surface area contributed by atoms with Gasteiger partial charge in [-0.05, 0) is 48.4 Å². The maximum atomic E-state index is 10.6. The number of benzene rings is 2. The van der Waals surface area contributed by atoms with Gasteiger partial charge in [-0.25, -0.2) is 0 Å². The maximum Gasteiger partial charge on any atom is 0.269 e. The van der Waals surface area contributed by atoms with Gasteiger partial charge in [0, 0.05) is 18.3 Å². The second kappa shape index (κ2) is 10.2. The Balaban J connectivity index is 1.80. The number of aliphatic imine (C=N–C) groups is 1. The van der Waals surface area contributed by atoms with Crippen molar-refractivity contribution < 1.29 is 9.66 Å². The SMILES string of the molecule is CCCCCCCOc1ccc(C=Nc2ccc([N+](=O)[O-])cc2)cc1. The molecule has 2 rings (SSSR count). The lowest BCUT2D eigenvalue weighted by Crippen LogP contribution is -1.97. The Kier molecular flexibility index (Phi) is 7.63. The minimum Gasteiger partial charge on any atom is -0.494 e. The van der Waals surface area contributed by atoms with E-state index < -0.39 is 4.92 Å². The van der Waals surface area contributed by atoms with E-state index in [2.05, 4.69) is 11.9 Å².